The Hall–Kier alpha value is -1.51. The number of hydrogen-bond acceptors (Lipinski definition) is 2. The summed E-state index contributed by atoms with van der Waals surface area (Å²) in [6.45, 7) is 0.650. The van der Waals surface area contributed by atoms with Crippen LogP contribution in [0.3, 0.4) is 0 Å². The third-order valence-corrected chi connectivity index (χ3v) is 6.81. The highest BCUT2D eigenvalue weighted by atomic mass is 16.5. The number of carbonyl (C=O) groups excluding carboxylic acids is 1. The van der Waals surface area contributed by atoms with Crippen LogP contribution in [0.1, 0.15) is 50.0 Å². The van der Waals surface area contributed by atoms with E-state index in [1.54, 1.807) is 0 Å². The Morgan fingerprint density at radius 3 is 2.43 bits per heavy atom. The third kappa shape index (κ3) is 2.28. The van der Waals surface area contributed by atoms with Crippen molar-refractivity contribution in [3.8, 4) is 5.75 Å². The molecular weight excluding hydrogens is 286 g/mol. The van der Waals surface area contributed by atoms with Crippen molar-refractivity contribution in [3.05, 3.63) is 29.8 Å². The molecule has 1 aromatic rings. The summed E-state index contributed by atoms with van der Waals surface area (Å²) >= 11 is 0. The van der Waals surface area contributed by atoms with E-state index >= 15 is 0 Å². The van der Waals surface area contributed by atoms with E-state index in [4.69, 9.17) is 4.74 Å². The highest BCUT2D eigenvalue weighted by Gasteiger charge is 2.49. The van der Waals surface area contributed by atoms with Crippen molar-refractivity contribution in [2.24, 2.45) is 23.7 Å². The van der Waals surface area contributed by atoms with Gasteiger partial charge in [-0.2, -0.15) is 0 Å². The number of ether oxygens (including phenoxy) is 1. The van der Waals surface area contributed by atoms with Crippen LogP contribution in [0, 0.1) is 23.7 Å². The van der Waals surface area contributed by atoms with E-state index in [0.29, 0.717) is 12.6 Å². The van der Waals surface area contributed by atoms with Gasteiger partial charge in [-0.05, 0) is 68.3 Å². The average Bonchev–Trinajstić information content (AvgIpc) is 2.57. The Morgan fingerprint density at radius 2 is 1.70 bits per heavy atom. The molecule has 0 aromatic heterocycles. The zero-order chi connectivity index (χ0) is 15.4. The highest BCUT2D eigenvalue weighted by Crippen LogP contribution is 2.53. The number of fused-ring (bicyclic) bond motifs is 1. The van der Waals surface area contributed by atoms with Crippen molar-refractivity contribution in [1.29, 1.82) is 0 Å². The van der Waals surface area contributed by atoms with E-state index < -0.39 is 0 Å². The molecule has 4 fully saturated rings. The monoisotopic (exact) mass is 311 g/mol. The van der Waals surface area contributed by atoms with Crippen LogP contribution >= 0.6 is 0 Å². The van der Waals surface area contributed by atoms with Gasteiger partial charge in [-0.3, -0.25) is 4.79 Å². The topological polar surface area (TPSA) is 38.3 Å². The smallest absolute Gasteiger partial charge is 0.228 e. The van der Waals surface area contributed by atoms with Crippen molar-refractivity contribution >= 4 is 5.91 Å². The highest BCUT2D eigenvalue weighted by molar-refractivity contribution is 5.85. The largest absolute Gasteiger partial charge is 0.493 e. The SMILES string of the molecule is O=C(NC1C2CC3CC(C2)CC1C3)C1CCOc2ccccc21. The van der Waals surface area contributed by atoms with E-state index in [2.05, 4.69) is 11.4 Å². The van der Waals surface area contributed by atoms with Gasteiger partial charge < -0.3 is 10.1 Å². The molecule has 23 heavy (non-hydrogen) atoms. The van der Waals surface area contributed by atoms with Gasteiger partial charge in [0.15, 0.2) is 0 Å². The third-order valence-electron chi connectivity index (χ3n) is 6.81. The van der Waals surface area contributed by atoms with Crippen LogP contribution in [0.2, 0.25) is 0 Å². The molecule has 1 aliphatic heterocycles. The fourth-order valence-corrected chi connectivity index (χ4v) is 6.04. The maximum absolute atomic E-state index is 13.0. The molecule has 6 rings (SSSR count). The first kappa shape index (κ1) is 13.9. The lowest BCUT2D eigenvalue weighted by Crippen LogP contribution is -2.56. The molecule has 5 aliphatic rings. The van der Waals surface area contributed by atoms with Crippen LogP contribution in [0.4, 0.5) is 0 Å². The predicted octanol–water partition coefficient (Wildman–Crippen LogP) is 3.49. The molecule has 0 radical (unpaired) electrons. The van der Waals surface area contributed by atoms with Crippen molar-refractivity contribution in [3.63, 3.8) is 0 Å². The second-order valence-electron chi connectivity index (χ2n) is 8.19. The minimum Gasteiger partial charge on any atom is -0.493 e. The molecule has 3 heteroatoms. The molecule has 4 saturated carbocycles. The van der Waals surface area contributed by atoms with E-state index in [0.717, 1.165) is 41.4 Å². The van der Waals surface area contributed by atoms with E-state index in [1.165, 1.54) is 32.1 Å². The average molecular weight is 311 g/mol. The Bertz CT molecular complexity index is 598. The number of rotatable bonds is 2. The molecule has 0 saturated heterocycles. The number of carbonyl (C=O) groups is 1. The minimum absolute atomic E-state index is 0.0304. The molecule has 1 N–H and O–H groups in total. The van der Waals surface area contributed by atoms with Crippen LogP contribution in [0.15, 0.2) is 24.3 Å². The van der Waals surface area contributed by atoms with E-state index in [9.17, 15) is 4.79 Å². The first-order valence-corrected chi connectivity index (χ1v) is 9.30. The zero-order valence-corrected chi connectivity index (χ0v) is 13.5. The van der Waals surface area contributed by atoms with Gasteiger partial charge in [-0.1, -0.05) is 18.2 Å². The molecule has 1 unspecified atom stereocenters. The fraction of sp³-hybridized carbons (Fsp3) is 0.650. The second-order valence-corrected chi connectivity index (χ2v) is 8.19. The number of nitrogens with one attached hydrogen (secondary N) is 1. The van der Waals surface area contributed by atoms with Crippen LogP contribution in [-0.2, 0) is 4.79 Å². The maximum Gasteiger partial charge on any atom is 0.228 e. The van der Waals surface area contributed by atoms with Gasteiger partial charge in [0.2, 0.25) is 5.91 Å². The summed E-state index contributed by atoms with van der Waals surface area (Å²) in [6.07, 6.45) is 7.66. The lowest BCUT2D eigenvalue weighted by atomic mass is 9.54. The first-order valence-electron chi connectivity index (χ1n) is 9.30. The van der Waals surface area contributed by atoms with Gasteiger partial charge in [0.1, 0.15) is 5.75 Å². The Morgan fingerprint density at radius 1 is 1.00 bits per heavy atom. The van der Waals surface area contributed by atoms with Gasteiger partial charge in [0.25, 0.3) is 0 Å². The number of hydrogen-bond donors (Lipinski definition) is 1. The predicted molar refractivity (Wildman–Crippen MR) is 88.3 cm³/mol. The molecule has 122 valence electrons. The van der Waals surface area contributed by atoms with Crippen LogP contribution in [0.25, 0.3) is 0 Å². The lowest BCUT2D eigenvalue weighted by Gasteiger charge is -2.54. The summed E-state index contributed by atoms with van der Waals surface area (Å²) < 4.78 is 5.71. The quantitative estimate of drug-likeness (QED) is 0.908. The molecule has 1 aromatic carbocycles. The van der Waals surface area contributed by atoms with E-state index in [1.807, 2.05) is 18.2 Å². The normalized spacial score (nSPS) is 40.3. The Kier molecular flexibility index (Phi) is 3.17. The van der Waals surface area contributed by atoms with Crippen LogP contribution in [0.5, 0.6) is 5.75 Å². The fourth-order valence-electron chi connectivity index (χ4n) is 6.04. The van der Waals surface area contributed by atoms with Gasteiger partial charge in [0, 0.05) is 11.6 Å². The van der Waals surface area contributed by atoms with E-state index in [-0.39, 0.29) is 11.8 Å². The number of benzene rings is 1. The maximum atomic E-state index is 13.0. The lowest BCUT2D eigenvalue weighted by molar-refractivity contribution is -0.127. The molecule has 0 spiro atoms. The number of para-hydroxylation sites is 1. The number of amides is 1. The van der Waals surface area contributed by atoms with Gasteiger partial charge >= 0.3 is 0 Å². The van der Waals surface area contributed by atoms with Crippen molar-refractivity contribution in [2.45, 2.75) is 50.5 Å². The van der Waals surface area contributed by atoms with Crippen molar-refractivity contribution in [1.82, 2.24) is 5.32 Å². The van der Waals surface area contributed by atoms with Gasteiger partial charge in [0.05, 0.1) is 12.5 Å². The summed E-state index contributed by atoms with van der Waals surface area (Å²) in [5.41, 5.74) is 1.07. The second kappa shape index (κ2) is 5.25. The van der Waals surface area contributed by atoms with Gasteiger partial charge in [-0.15, -0.1) is 0 Å². The molecule has 4 aliphatic carbocycles. The van der Waals surface area contributed by atoms with Crippen LogP contribution in [-0.4, -0.2) is 18.6 Å². The molecule has 1 heterocycles. The summed E-state index contributed by atoms with van der Waals surface area (Å²) in [6, 6.07) is 8.46. The Balaban J connectivity index is 1.35. The molecule has 1 amide bonds. The van der Waals surface area contributed by atoms with Crippen LogP contribution < -0.4 is 10.1 Å². The molecule has 4 bridgehead atoms. The summed E-state index contributed by atoms with van der Waals surface area (Å²) in [4.78, 5) is 13.0. The summed E-state index contributed by atoms with van der Waals surface area (Å²) in [5.74, 6) is 4.49. The first-order chi connectivity index (χ1) is 11.3. The molecule has 3 nitrogen and oxygen atoms in total. The summed E-state index contributed by atoms with van der Waals surface area (Å²) in [5, 5.41) is 3.48. The summed E-state index contributed by atoms with van der Waals surface area (Å²) in [7, 11) is 0. The molecule has 1 atom stereocenters. The standard InChI is InChI=1S/C20H25NO2/c22-20(17-5-6-23-18-4-2-1-3-16(17)18)21-19-14-8-12-7-13(10-14)11-15(19)9-12/h1-4,12-15,17,19H,5-11H2,(H,21,22). The Labute approximate surface area is 137 Å². The van der Waals surface area contributed by atoms with Gasteiger partial charge in [-0.25, -0.2) is 0 Å². The minimum atomic E-state index is -0.0304. The van der Waals surface area contributed by atoms with Crippen molar-refractivity contribution < 1.29 is 9.53 Å². The van der Waals surface area contributed by atoms with Crippen molar-refractivity contribution in [2.75, 3.05) is 6.61 Å². The zero-order valence-electron chi connectivity index (χ0n) is 13.5. The molecular formula is C20H25NO2.